The van der Waals surface area contributed by atoms with Crippen LogP contribution >= 0.6 is 0 Å². The maximum atomic E-state index is 5.96. The third kappa shape index (κ3) is 5.23. The van der Waals surface area contributed by atoms with Crippen LogP contribution in [0, 0.1) is 0 Å². The van der Waals surface area contributed by atoms with Crippen molar-refractivity contribution >= 4 is 0 Å². The highest BCUT2D eigenvalue weighted by atomic mass is 16.5. The first kappa shape index (κ1) is 15.6. The van der Waals surface area contributed by atoms with Crippen molar-refractivity contribution in [3.05, 3.63) is 48.5 Å². The zero-order chi connectivity index (χ0) is 14.9. The molecule has 0 aliphatic heterocycles. The molecule has 1 aromatic carbocycles. The molecule has 1 atom stereocenters. The Morgan fingerprint density at radius 2 is 2.19 bits per heavy atom. The van der Waals surface area contributed by atoms with E-state index in [0.29, 0.717) is 0 Å². The van der Waals surface area contributed by atoms with Gasteiger partial charge < -0.3 is 14.6 Å². The molecule has 0 radical (unpaired) electrons. The lowest BCUT2D eigenvalue weighted by Gasteiger charge is -2.16. The van der Waals surface area contributed by atoms with E-state index in [4.69, 9.17) is 4.74 Å². The van der Waals surface area contributed by atoms with E-state index in [9.17, 15) is 0 Å². The molecule has 2 rings (SSSR count). The number of imidazole rings is 1. The summed E-state index contributed by atoms with van der Waals surface area (Å²) in [7, 11) is 0. The SMILES string of the molecule is CCC(C)Oc1ccccc1CNCCCn1ccnc1. The van der Waals surface area contributed by atoms with Crippen molar-refractivity contribution in [3.8, 4) is 5.75 Å². The standard InChI is InChI=1S/C17H25N3O/c1-3-15(2)21-17-8-5-4-7-16(17)13-18-9-6-11-20-12-10-19-14-20/h4-5,7-8,10,12,14-15,18H,3,6,9,11,13H2,1-2H3. The van der Waals surface area contributed by atoms with Gasteiger partial charge in [-0.1, -0.05) is 25.1 Å². The van der Waals surface area contributed by atoms with Crippen LogP contribution in [-0.2, 0) is 13.1 Å². The van der Waals surface area contributed by atoms with Gasteiger partial charge in [-0.2, -0.15) is 0 Å². The smallest absolute Gasteiger partial charge is 0.124 e. The normalized spacial score (nSPS) is 12.3. The van der Waals surface area contributed by atoms with E-state index >= 15 is 0 Å². The van der Waals surface area contributed by atoms with Gasteiger partial charge in [0, 0.05) is 31.0 Å². The number of rotatable bonds is 9. The Balaban J connectivity index is 1.74. The molecule has 0 amide bonds. The lowest BCUT2D eigenvalue weighted by atomic mass is 10.2. The minimum absolute atomic E-state index is 0.257. The molecule has 0 saturated heterocycles. The zero-order valence-electron chi connectivity index (χ0n) is 13.0. The highest BCUT2D eigenvalue weighted by Crippen LogP contribution is 2.19. The summed E-state index contributed by atoms with van der Waals surface area (Å²) >= 11 is 0. The van der Waals surface area contributed by atoms with Crippen molar-refractivity contribution < 1.29 is 4.74 Å². The van der Waals surface area contributed by atoms with Gasteiger partial charge in [0.25, 0.3) is 0 Å². The predicted molar refractivity (Wildman–Crippen MR) is 85.4 cm³/mol. The maximum absolute atomic E-state index is 5.96. The number of hydrogen-bond acceptors (Lipinski definition) is 3. The fraction of sp³-hybridized carbons (Fsp3) is 0.471. The molecule has 0 aliphatic carbocycles. The molecule has 1 N–H and O–H groups in total. The molecule has 1 unspecified atom stereocenters. The Hall–Kier alpha value is -1.81. The minimum atomic E-state index is 0.257. The van der Waals surface area contributed by atoms with E-state index in [-0.39, 0.29) is 6.10 Å². The summed E-state index contributed by atoms with van der Waals surface area (Å²) in [5.74, 6) is 0.994. The van der Waals surface area contributed by atoms with Gasteiger partial charge in [-0.3, -0.25) is 0 Å². The summed E-state index contributed by atoms with van der Waals surface area (Å²) in [6, 6.07) is 8.27. The Bertz CT molecular complexity index is 511. The second-order valence-electron chi connectivity index (χ2n) is 5.28. The number of para-hydroxylation sites is 1. The van der Waals surface area contributed by atoms with Crippen molar-refractivity contribution in [3.63, 3.8) is 0 Å². The molecule has 4 nitrogen and oxygen atoms in total. The van der Waals surface area contributed by atoms with Crippen LogP contribution in [0.25, 0.3) is 0 Å². The molecule has 0 aliphatic rings. The summed E-state index contributed by atoms with van der Waals surface area (Å²) in [4.78, 5) is 4.04. The van der Waals surface area contributed by atoms with Crippen LogP contribution < -0.4 is 10.1 Å². The Morgan fingerprint density at radius 3 is 2.95 bits per heavy atom. The van der Waals surface area contributed by atoms with Crippen LogP contribution in [0.5, 0.6) is 5.75 Å². The van der Waals surface area contributed by atoms with Crippen LogP contribution in [-0.4, -0.2) is 22.2 Å². The first-order chi connectivity index (χ1) is 10.3. The lowest BCUT2D eigenvalue weighted by Crippen LogP contribution is -2.18. The Kier molecular flexibility index (Phi) is 6.28. The molecule has 0 fully saturated rings. The fourth-order valence-electron chi connectivity index (χ4n) is 2.09. The van der Waals surface area contributed by atoms with Crippen molar-refractivity contribution in [2.24, 2.45) is 0 Å². The average Bonchev–Trinajstić information content (AvgIpc) is 3.01. The van der Waals surface area contributed by atoms with Gasteiger partial charge >= 0.3 is 0 Å². The van der Waals surface area contributed by atoms with Gasteiger partial charge in [0.05, 0.1) is 12.4 Å². The van der Waals surface area contributed by atoms with E-state index in [0.717, 1.165) is 38.2 Å². The van der Waals surface area contributed by atoms with E-state index in [1.807, 2.05) is 24.8 Å². The van der Waals surface area contributed by atoms with Crippen LogP contribution in [0.3, 0.4) is 0 Å². The predicted octanol–water partition coefficient (Wildman–Crippen LogP) is 3.24. The summed E-state index contributed by atoms with van der Waals surface area (Å²) in [5, 5.41) is 3.48. The van der Waals surface area contributed by atoms with Crippen molar-refractivity contribution in [1.29, 1.82) is 0 Å². The lowest BCUT2D eigenvalue weighted by molar-refractivity contribution is 0.215. The second kappa shape index (κ2) is 8.47. The van der Waals surface area contributed by atoms with Crippen LogP contribution in [0.4, 0.5) is 0 Å². The van der Waals surface area contributed by atoms with Gasteiger partial charge in [0.1, 0.15) is 5.75 Å². The number of nitrogens with one attached hydrogen (secondary N) is 1. The molecular weight excluding hydrogens is 262 g/mol. The quantitative estimate of drug-likeness (QED) is 0.720. The molecule has 1 aromatic heterocycles. The minimum Gasteiger partial charge on any atom is -0.490 e. The zero-order valence-corrected chi connectivity index (χ0v) is 13.0. The highest BCUT2D eigenvalue weighted by molar-refractivity contribution is 5.33. The van der Waals surface area contributed by atoms with Gasteiger partial charge in [0.2, 0.25) is 0 Å². The maximum Gasteiger partial charge on any atom is 0.124 e. The number of hydrogen-bond donors (Lipinski definition) is 1. The molecule has 114 valence electrons. The monoisotopic (exact) mass is 287 g/mol. The summed E-state index contributed by atoms with van der Waals surface area (Å²) < 4.78 is 8.06. The number of benzene rings is 1. The number of aryl methyl sites for hydroxylation is 1. The highest BCUT2D eigenvalue weighted by Gasteiger charge is 2.06. The number of aromatic nitrogens is 2. The summed E-state index contributed by atoms with van der Waals surface area (Å²) in [6.07, 6.45) is 8.03. The van der Waals surface area contributed by atoms with E-state index < -0.39 is 0 Å². The molecule has 0 bridgehead atoms. The van der Waals surface area contributed by atoms with E-state index in [2.05, 4.69) is 46.9 Å². The topological polar surface area (TPSA) is 39.1 Å². The molecule has 21 heavy (non-hydrogen) atoms. The molecule has 0 saturated carbocycles. The van der Waals surface area contributed by atoms with Gasteiger partial charge in [-0.25, -0.2) is 4.98 Å². The fourth-order valence-corrected chi connectivity index (χ4v) is 2.09. The van der Waals surface area contributed by atoms with Crippen LogP contribution in [0.1, 0.15) is 32.3 Å². The van der Waals surface area contributed by atoms with Crippen LogP contribution in [0.2, 0.25) is 0 Å². The molecule has 1 heterocycles. The largest absolute Gasteiger partial charge is 0.490 e. The molecule has 2 aromatic rings. The third-order valence-corrected chi connectivity index (χ3v) is 3.52. The first-order valence-electron chi connectivity index (χ1n) is 7.70. The van der Waals surface area contributed by atoms with Crippen LogP contribution in [0.15, 0.2) is 43.0 Å². The number of nitrogens with zero attached hydrogens (tertiary/aromatic N) is 2. The van der Waals surface area contributed by atoms with Gasteiger partial charge in [-0.15, -0.1) is 0 Å². The van der Waals surface area contributed by atoms with Gasteiger partial charge in [0.15, 0.2) is 0 Å². The van der Waals surface area contributed by atoms with Crippen molar-refractivity contribution in [2.75, 3.05) is 6.54 Å². The Morgan fingerprint density at radius 1 is 1.33 bits per heavy atom. The molecule has 0 spiro atoms. The van der Waals surface area contributed by atoms with Crippen molar-refractivity contribution in [2.45, 2.75) is 45.9 Å². The van der Waals surface area contributed by atoms with Gasteiger partial charge in [-0.05, 0) is 32.4 Å². The third-order valence-electron chi connectivity index (χ3n) is 3.52. The second-order valence-corrected chi connectivity index (χ2v) is 5.28. The molecular formula is C17H25N3O. The van der Waals surface area contributed by atoms with E-state index in [1.54, 1.807) is 0 Å². The Labute approximate surface area is 127 Å². The number of ether oxygens (including phenoxy) is 1. The van der Waals surface area contributed by atoms with E-state index in [1.165, 1.54) is 5.56 Å². The summed E-state index contributed by atoms with van der Waals surface area (Å²) in [6.45, 7) is 7.07. The summed E-state index contributed by atoms with van der Waals surface area (Å²) in [5.41, 5.74) is 1.22. The van der Waals surface area contributed by atoms with Crippen molar-refractivity contribution in [1.82, 2.24) is 14.9 Å². The average molecular weight is 287 g/mol. The molecule has 4 heteroatoms. The first-order valence-corrected chi connectivity index (χ1v) is 7.70.